The van der Waals surface area contributed by atoms with Gasteiger partial charge in [0.25, 0.3) is 0 Å². The molecule has 0 aromatic rings. The van der Waals surface area contributed by atoms with Gasteiger partial charge in [0.15, 0.2) is 5.96 Å². The lowest BCUT2D eigenvalue weighted by Crippen LogP contribution is -2.38. The van der Waals surface area contributed by atoms with Crippen molar-refractivity contribution in [2.45, 2.75) is 57.8 Å². The van der Waals surface area contributed by atoms with Crippen molar-refractivity contribution in [2.24, 2.45) is 4.99 Å². The number of rotatable bonds is 9. The summed E-state index contributed by atoms with van der Waals surface area (Å²) in [7, 11) is 3.23. The zero-order chi connectivity index (χ0) is 16.0. The molecule has 134 valence electrons. The molecule has 0 aromatic carbocycles. The second-order valence-electron chi connectivity index (χ2n) is 5.67. The summed E-state index contributed by atoms with van der Waals surface area (Å²) in [4.78, 5) is 15.2. The number of methoxy groups -OCH3 is 1. The summed E-state index contributed by atoms with van der Waals surface area (Å²) in [5.74, 6) is 0.742. The molecular formula is C17H32IN3O2. The molecule has 1 aliphatic carbocycles. The Balaban J connectivity index is 0.00000484. The van der Waals surface area contributed by atoms with Gasteiger partial charge in [-0.3, -0.25) is 9.79 Å². The number of carbonyl (C=O) groups excluding carboxylic acids is 1. The Morgan fingerprint density at radius 3 is 2.65 bits per heavy atom. The molecule has 2 N–H and O–H groups in total. The van der Waals surface area contributed by atoms with E-state index in [1.165, 1.54) is 32.8 Å². The number of nitrogens with zero attached hydrogens (tertiary/aromatic N) is 1. The van der Waals surface area contributed by atoms with Crippen molar-refractivity contribution in [3.63, 3.8) is 0 Å². The van der Waals surface area contributed by atoms with E-state index < -0.39 is 0 Å². The van der Waals surface area contributed by atoms with Crippen LogP contribution in [0.1, 0.15) is 57.8 Å². The fraction of sp³-hybridized carbons (Fsp3) is 0.765. The van der Waals surface area contributed by atoms with Gasteiger partial charge in [0.1, 0.15) is 0 Å². The lowest BCUT2D eigenvalue weighted by atomic mass is 9.97. The first-order valence-electron chi connectivity index (χ1n) is 8.45. The summed E-state index contributed by atoms with van der Waals surface area (Å²) in [5, 5.41) is 6.67. The van der Waals surface area contributed by atoms with E-state index >= 15 is 0 Å². The van der Waals surface area contributed by atoms with Crippen molar-refractivity contribution in [3.8, 4) is 0 Å². The number of ether oxygens (including phenoxy) is 1. The number of hydrogen-bond donors (Lipinski definition) is 2. The van der Waals surface area contributed by atoms with Crippen molar-refractivity contribution in [2.75, 3.05) is 27.2 Å². The van der Waals surface area contributed by atoms with Crippen molar-refractivity contribution < 1.29 is 9.53 Å². The number of unbranched alkanes of at least 4 members (excludes halogenated alkanes) is 2. The maximum absolute atomic E-state index is 11.0. The maximum atomic E-state index is 11.0. The molecule has 0 bridgehead atoms. The normalized spacial score (nSPS) is 14.5. The number of esters is 1. The maximum Gasteiger partial charge on any atom is 0.305 e. The molecule has 1 aliphatic rings. The highest BCUT2D eigenvalue weighted by Crippen LogP contribution is 2.19. The molecule has 0 amide bonds. The molecular weight excluding hydrogens is 405 g/mol. The predicted molar refractivity (Wildman–Crippen MR) is 106 cm³/mol. The summed E-state index contributed by atoms with van der Waals surface area (Å²) in [5.41, 5.74) is 1.58. The van der Waals surface area contributed by atoms with E-state index in [-0.39, 0.29) is 29.9 Å². The smallest absolute Gasteiger partial charge is 0.305 e. The molecule has 0 spiro atoms. The van der Waals surface area contributed by atoms with E-state index in [1.54, 1.807) is 12.6 Å². The predicted octanol–water partition coefficient (Wildman–Crippen LogP) is 3.39. The van der Waals surface area contributed by atoms with E-state index in [1.807, 2.05) is 0 Å². The van der Waals surface area contributed by atoms with Crippen LogP contribution in [0.2, 0.25) is 0 Å². The first kappa shape index (κ1) is 22.2. The van der Waals surface area contributed by atoms with Gasteiger partial charge in [-0.15, -0.1) is 24.0 Å². The average molecular weight is 437 g/mol. The molecule has 1 rings (SSSR count). The Hall–Kier alpha value is -0.790. The van der Waals surface area contributed by atoms with Gasteiger partial charge in [0.2, 0.25) is 0 Å². The van der Waals surface area contributed by atoms with Gasteiger partial charge in [-0.2, -0.15) is 0 Å². The van der Waals surface area contributed by atoms with E-state index in [0.717, 1.165) is 44.7 Å². The minimum Gasteiger partial charge on any atom is -0.469 e. The number of allylic oxidation sites excluding steroid dienone is 1. The monoisotopic (exact) mass is 437 g/mol. The Kier molecular flexibility index (Phi) is 14.3. The Morgan fingerprint density at radius 2 is 2.00 bits per heavy atom. The van der Waals surface area contributed by atoms with Crippen molar-refractivity contribution in [3.05, 3.63) is 11.6 Å². The third kappa shape index (κ3) is 11.4. The van der Waals surface area contributed by atoms with Gasteiger partial charge >= 0.3 is 5.97 Å². The van der Waals surface area contributed by atoms with E-state index in [4.69, 9.17) is 0 Å². The first-order chi connectivity index (χ1) is 10.8. The van der Waals surface area contributed by atoms with Crippen LogP contribution < -0.4 is 10.6 Å². The molecule has 0 aliphatic heterocycles. The number of carbonyl (C=O) groups is 1. The average Bonchev–Trinajstić information content (AvgIpc) is 2.56. The van der Waals surface area contributed by atoms with Gasteiger partial charge in [-0.05, 0) is 44.9 Å². The third-order valence-corrected chi connectivity index (χ3v) is 3.92. The van der Waals surface area contributed by atoms with Gasteiger partial charge in [0, 0.05) is 26.6 Å². The summed E-state index contributed by atoms with van der Waals surface area (Å²) < 4.78 is 4.62. The standard InChI is InChI=1S/C17H31N3O2.HI/c1-18-17(19-13-8-4-7-11-16(21)22-2)20-14-12-15-9-5-3-6-10-15;/h9H,3-8,10-14H2,1-2H3,(H2,18,19,20);1H. The van der Waals surface area contributed by atoms with Gasteiger partial charge < -0.3 is 15.4 Å². The van der Waals surface area contributed by atoms with Crippen LogP contribution in [0.3, 0.4) is 0 Å². The van der Waals surface area contributed by atoms with Gasteiger partial charge in [-0.25, -0.2) is 0 Å². The van der Waals surface area contributed by atoms with E-state index in [9.17, 15) is 4.79 Å². The SMILES string of the molecule is CN=C(NCCCCCC(=O)OC)NCCC1=CCCCC1.I. The van der Waals surface area contributed by atoms with Crippen LogP contribution in [-0.4, -0.2) is 39.2 Å². The quantitative estimate of drug-likeness (QED) is 0.145. The highest BCUT2D eigenvalue weighted by atomic mass is 127. The zero-order valence-electron chi connectivity index (χ0n) is 14.5. The fourth-order valence-electron chi connectivity index (χ4n) is 2.57. The summed E-state index contributed by atoms with van der Waals surface area (Å²) in [6.45, 7) is 1.82. The zero-order valence-corrected chi connectivity index (χ0v) is 16.9. The third-order valence-electron chi connectivity index (χ3n) is 3.92. The molecule has 5 nitrogen and oxygen atoms in total. The lowest BCUT2D eigenvalue weighted by Gasteiger charge is -2.15. The van der Waals surface area contributed by atoms with Crippen molar-refractivity contribution in [1.82, 2.24) is 10.6 Å². The first-order valence-corrected chi connectivity index (χ1v) is 8.45. The highest BCUT2D eigenvalue weighted by Gasteiger charge is 2.04. The minimum absolute atomic E-state index is 0. The van der Waals surface area contributed by atoms with Gasteiger partial charge in [-0.1, -0.05) is 18.1 Å². The number of guanidine groups is 1. The number of nitrogens with one attached hydrogen (secondary N) is 2. The topological polar surface area (TPSA) is 62.7 Å². The van der Waals surface area contributed by atoms with Crippen molar-refractivity contribution >= 4 is 35.9 Å². The minimum atomic E-state index is -0.123. The lowest BCUT2D eigenvalue weighted by molar-refractivity contribution is -0.140. The molecule has 0 fully saturated rings. The number of halogens is 1. The van der Waals surface area contributed by atoms with Crippen LogP contribution in [0.15, 0.2) is 16.6 Å². The summed E-state index contributed by atoms with van der Waals surface area (Å²) in [6, 6.07) is 0. The van der Waals surface area contributed by atoms with Crippen LogP contribution in [0.5, 0.6) is 0 Å². The number of aliphatic imine (C=N–C) groups is 1. The number of hydrogen-bond acceptors (Lipinski definition) is 3. The Labute approximate surface area is 157 Å². The molecule has 0 saturated carbocycles. The molecule has 0 heterocycles. The van der Waals surface area contributed by atoms with E-state index in [2.05, 4.69) is 26.4 Å². The summed E-state index contributed by atoms with van der Waals surface area (Å²) >= 11 is 0. The Bertz CT molecular complexity index is 384. The van der Waals surface area contributed by atoms with Crippen LogP contribution in [-0.2, 0) is 9.53 Å². The van der Waals surface area contributed by atoms with Crippen molar-refractivity contribution in [1.29, 1.82) is 0 Å². The van der Waals surface area contributed by atoms with Crippen LogP contribution in [0.4, 0.5) is 0 Å². The Morgan fingerprint density at radius 1 is 1.22 bits per heavy atom. The largest absolute Gasteiger partial charge is 0.469 e. The van der Waals surface area contributed by atoms with Gasteiger partial charge in [0.05, 0.1) is 7.11 Å². The summed E-state index contributed by atoms with van der Waals surface area (Å²) in [6.07, 6.45) is 12.1. The molecule has 0 atom stereocenters. The van der Waals surface area contributed by atoms with Crippen LogP contribution in [0, 0.1) is 0 Å². The molecule has 0 aromatic heterocycles. The van der Waals surface area contributed by atoms with Crippen LogP contribution >= 0.6 is 24.0 Å². The molecule has 0 saturated heterocycles. The molecule has 23 heavy (non-hydrogen) atoms. The van der Waals surface area contributed by atoms with Crippen LogP contribution in [0.25, 0.3) is 0 Å². The highest BCUT2D eigenvalue weighted by molar-refractivity contribution is 14.0. The second-order valence-corrected chi connectivity index (χ2v) is 5.67. The second kappa shape index (κ2) is 14.8. The molecule has 6 heteroatoms. The van der Waals surface area contributed by atoms with E-state index in [0.29, 0.717) is 6.42 Å². The molecule has 0 unspecified atom stereocenters. The fourth-order valence-corrected chi connectivity index (χ4v) is 2.57. The molecule has 0 radical (unpaired) electrons.